The van der Waals surface area contributed by atoms with Gasteiger partial charge in [-0.25, -0.2) is 0 Å². The first-order valence-electron chi connectivity index (χ1n) is 8.54. The van der Waals surface area contributed by atoms with Crippen molar-refractivity contribution < 1.29 is 9.59 Å². The monoisotopic (exact) mass is 337 g/mol. The molecule has 25 heavy (non-hydrogen) atoms. The van der Waals surface area contributed by atoms with Crippen LogP contribution < -0.4 is 10.6 Å². The van der Waals surface area contributed by atoms with Gasteiger partial charge in [0.25, 0.3) is 0 Å². The molecule has 0 spiro atoms. The molecule has 1 saturated heterocycles. The Balaban J connectivity index is 1.81. The van der Waals surface area contributed by atoms with Gasteiger partial charge < -0.3 is 10.6 Å². The molecule has 2 amide bonds. The number of piperidine rings is 1. The highest BCUT2D eigenvalue weighted by atomic mass is 16.2. The Morgan fingerprint density at radius 3 is 2.68 bits per heavy atom. The minimum Gasteiger partial charge on any atom is -0.355 e. The van der Waals surface area contributed by atoms with E-state index in [-0.39, 0.29) is 11.8 Å². The largest absolute Gasteiger partial charge is 0.355 e. The summed E-state index contributed by atoms with van der Waals surface area (Å²) in [6.07, 6.45) is 2.68. The maximum atomic E-state index is 13.1. The molecular formula is C20H23N3O2. The number of hydrogen-bond acceptors (Lipinski definition) is 3. The number of nitrogens with one attached hydrogen (secondary N) is 2. The Labute approximate surface area is 147 Å². The number of benzene rings is 1. The third-order valence-corrected chi connectivity index (χ3v) is 4.92. The average Bonchev–Trinajstić information content (AvgIpc) is 2.62. The van der Waals surface area contributed by atoms with E-state index < -0.39 is 5.41 Å². The molecule has 1 atom stereocenters. The number of pyridine rings is 1. The Hall–Kier alpha value is -2.69. The SMILES string of the molecule is Cc1cc(C)c(CNC(=O)C2(c3ccccc3)CCC(=O)NC2)cn1. The molecule has 0 aliphatic carbocycles. The van der Waals surface area contributed by atoms with Crippen LogP contribution in [-0.2, 0) is 21.5 Å². The summed E-state index contributed by atoms with van der Waals surface area (Å²) in [4.78, 5) is 29.0. The minimum atomic E-state index is -0.721. The minimum absolute atomic E-state index is 0.00191. The van der Waals surface area contributed by atoms with Gasteiger partial charge in [0.1, 0.15) is 0 Å². The molecule has 1 aromatic heterocycles. The van der Waals surface area contributed by atoms with Crippen molar-refractivity contribution in [1.82, 2.24) is 15.6 Å². The molecule has 0 bridgehead atoms. The lowest BCUT2D eigenvalue weighted by Crippen LogP contribution is -2.55. The van der Waals surface area contributed by atoms with Crippen LogP contribution >= 0.6 is 0 Å². The maximum absolute atomic E-state index is 13.1. The molecule has 1 unspecified atom stereocenters. The van der Waals surface area contributed by atoms with Crippen molar-refractivity contribution in [2.75, 3.05) is 6.54 Å². The first kappa shape index (κ1) is 17.1. The van der Waals surface area contributed by atoms with Crippen LogP contribution in [0, 0.1) is 13.8 Å². The molecule has 1 aliphatic rings. The Morgan fingerprint density at radius 1 is 1.28 bits per heavy atom. The highest BCUT2D eigenvalue weighted by molar-refractivity contribution is 5.91. The molecule has 130 valence electrons. The normalized spacial score (nSPS) is 20.0. The number of carbonyl (C=O) groups is 2. The molecule has 0 radical (unpaired) electrons. The van der Waals surface area contributed by atoms with Crippen molar-refractivity contribution in [3.8, 4) is 0 Å². The zero-order chi connectivity index (χ0) is 17.9. The molecule has 2 heterocycles. The number of aromatic nitrogens is 1. The van der Waals surface area contributed by atoms with Crippen LogP contribution in [0.5, 0.6) is 0 Å². The second kappa shape index (κ2) is 7.05. The summed E-state index contributed by atoms with van der Waals surface area (Å²) in [6.45, 7) is 4.72. The molecule has 2 aromatic rings. The molecule has 1 fully saturated rings. The number of hydrogen-bond donors (Lipinski definition) is 2. The van der Waals surface area contributed by atoms with Gasteiger partial charge >= 0.3 is 0 Å². The second-order valence-electron chi connectivity index (χ2n) is 6.66. The molecule has 1 aliphatic heterocycles. The van der Waals surface area contributed by atoms with Crippen LogP contribution in [0.15, 0.2) is 42.6 Å². The van der Waals surface area contributed by atoms with Gasteiger partial charge in [0, 0.05) is 31.4 Å². The number of nitrogens with zero attached hydrogens (tertiary/aromatic N) is 1. The first-order chi connectivity index (χ1) is 12.0. The lowest BCUT2D eigenvalue weighted by molar-refractivity contribution is -0.131. The second-order valence-corrected chi connectivity index (χ2v) is 6.66. The fraction of sp³-hybridized carbons (Fsp3) is 0.350. The molecule has 5 heteroatoms. The van der Waals surface area contributed by atoms with Crippen molar-refractivity contribution in [2.24, 2.45) is 0 Å². The summed E-state index contributed by atoms with van der Waals surface area (Å²) >= 11 is 0. The van der Waals surface area contributed by atoms with E-state index in [1.165, 1.54) is 0 Å². The Bertz CT molecular complexity index is 777. The van der Waals surface area contributed by atoms with Crippen LogP contribution in [0.1, 0.15) is 35.2 Å². The van der Waals surface area contributed by atoms with Crippen LogP contribution in [0.2, 0.25) is 0 Å². The van der Waals surface area contributed by atoms with Gasteiger partial charge in [-0.05, 0) is 43.0 Å². The van der Waals surface area contributed by atoms with Crippen molar-refractivity contribution in [2.45, 2.75) is 38.6 Å². The van der Waals surface area contributed by atoms with Gasteiger partial charge in [-0.1, -0.05) is 30.3 Å². The zero-order valence-corrected chi connectivity index (χ0v) is 14.6. The van der Waals surface area contributed by atoms with Crippen LogP contribution in [-0.4, -0.2) is 23.3 Å². The lowest BCUT2D eigenvalue weighted by atomic mass is 9.73. The van der Waals surface area contributed by atoms with Gasteiger partial charge in [-0.2, -0.15) is 0 Å². The summed E-state index contributed by atoms with van der Waals surface area (Å²) in [7, 11) is 0. The van der Waals surface area contributed by atoms with E-state index in [1.807, 2.05) is 56.4 Å². The van der Waals surface area contributed by atoms with Gasteiger partial charge in [0.15, 0.2) is 0 Å². The topological polar surface area (TPSA) is 71.1 Å². The lowest BCUT2D eigenvalue weighted by Gasteiger charge is -2.36. The summed E-state index contributed by atoms with van der Waals surface area (Å²) < 4.78 is 0. The molecule has 1 aromatic carbocycles. The van der Waals surface area contributed by atoms with Gasteiger partial charge in [0.05, 0.1) is 5.41 Å². The van der Waals surface area contributed by atoms with Crippen molar-refractivity contribution in [1.29, 1.82) is 0 Å². The molecule has 5 nitrogen and oxygen atoms in total. The Kier molecular flexibility index (Phi) is 4.83. The summed E-state index contributed by atoms with van der Waals surface area (Å²) in [5.74, 6) is -0.0587. The van der Waals surface area contributed by atoms with E-state index in [4.69, 9.17) is 0 Å². The van der Waals surface area contributed by atoms with Crippen molar-refractivity contribution in [3.05, 3.63) is 65.0 Å². The van der Waals surface area contributed by atoms with Gasteiger partial charge in [-0.15, -0.1) is 0 Å². The number of amides is 2. The smallest absolute Gasteiger partial charge is 0.232 e. The van der Waals surface area contributed by atoms with Crippen LogP contribution in [0.3, 0.4) is 0 Å². The van der Waals surface area contributed by atoms with E-state index in [2.05, 4.69) is 15.6 Å². The number of carbonyl (C=O) groups excluding carboxylic acids is 2. The van der Waals surface area contributed by atoms with E-state index >= 15 is 0 Å². The summed E-state index contributed by atoms with van der Waals surface area (Å²) in [5.41, 5.74) is 3.29. The zero-order valence-electron chi connectivity index (χ0n) is 14.6. The molecule has 2 N–H and O–H groups in total. The van der Waals surface area contributed by atoms with Crippen LogP contribution in [0.25, 0.3) is 0 Å². The fourth-order valence-electron chi connectivity index (χ4n) is 3.34. The predicted octanol–water partition coefficient (Wildman–Crippen LogP) is 2.16. The fourth-order valence-corrected chi connectivity index (χ4v) is 3.34. The maximum Gasteiger partial charge on any atom is 0.232 e. The van der Waals surface area contributed by atoms with E-state index in [0.29, 0.717) is 25.9 Å². The summed E-state index contributed by atoms with van der Waals surface area (Å²) in [6, 6.07) is 11.7. The number of aryl methyl sites for hydroxylation is 2. The molecular weight excluding hydrogens is 314 g/mol. The van der Waals surface area contributed by atoms with Gasteiger partial charge in [-0.3, -0.25) is 14.6 Å². The van der Waals surface area contributed by atoms with Crippen molar-refractivity contribution in [3.63, 3.8) is 0 Å². The molecule has 0 saturated carbocycles. The van der Waals surface area contributed by atoms with E-state index in [0.717, 1.165) is 22.4 Å². The average molecular weight is 337 g/mol. The third kappa shape index (κ3) is 3.55. The van der Waals surface area contributed by atoms with Crippen molar-refractivity contribution >= 4 is 11.8 Å². The number of rotatable bonds is 4. The van der Waals surface area contributed by atoms with E-state index in [9.17, 15) is 9.59 Å². The summed E-state index contributed by atoms with van der Waals surface area (Å²) in [5, 5.41) is 5.91. The highest BCUT2D eigenvalue weighted by Crippen LogP contribution is 2.32. The van der Waals surface area contributed by atoms with Crippen LogP contribution in [0.4, 0.5) is 0 Å². The molecule has 3 rings (SSSR count). The Morgan fingerprint density at radius 2 is 2.04 bits per heavy atom. The third-order valence-electron chi connectivity index (χ3n) is 4.92. The van der Waals surface area contributed by atoms with E-state index in [1.54, 1.807) is 0 Å². The first-order valence-corrected chi connectivity index (χ1v) is 8.54. The predicted molar refractivity (Wildman–Crippen MR) is 95.9 cm³/mol. The highest BCUT2D eigenvalue weighted by Gasteiger charge is 2.42. The standard InChI is InChI=1S/C20H23N3O2/c1-14-10-15(2)21-11-16(14)12-22-19(25)20(9-8-18(24)23-13-20)17-6-4-3-5-7-17/h3-7,10-11H,8-9,12-13H2,1-2H3,(H,22,25)(H,23,24). The quantitative estimate of drug-likeness (QED) is 0.898. The van der Waals surface area contributed by atoms with Gasteiger partial charge in [0.2, 0.25) is 11.8 Å².